The monoisotopic (exact) mass is 261 g/mol. The lowest BCUT2D eigenvalue weighted by atomic mass is 10.2. The molecule has 0 amide bonds. The van der Waals surface area contributed by atoms with Gasteiger partial charge in [-0.05, 0) is 25.5 Å². The van der Waals surface area contributed by atoms with Gasteiger partial charge in [0.15, 0.2) is 0 Å². The van der Waals surface area contributed by atoms with Crippen molar-refractivity contribution >= 4 is 23.2 Å². The summed E-state index contributed by atoms with van der Waals surface area (Å²) in [5, 5.41) is 4.48. The van der Waals surface area contributed by atoms with Crippen LogP contribution in [0.1, 0.15) is 19.4 Å². The quantitative estimate of drug-likeness (QED) is 0.792. The van der Waals surface area contributed by atoms with Gasteiger partial charge in [0.25, 0.3) is 0 Å². The molecule has 0 unspecified atom stereocenters. The van der Waals surface area contributed by atoms with E-state index in [1.165, 1.54) is 0 Å². The molecule has 0 spiro atoms. The molecule has 1 aromatic carbocycles. The van der Waals surface area contributed by atoms with E-state index in [4.69, 9.17) is 27.9 Å². The van der Waals surface area contributed by atoms with Crippen LogP contribution < -0.4 is 5.32 Å². The number of hydrogen-bond acceptors (Lipinski definition) is 2. The highest BCUT2D eigenvalue weighted by molar-refractivity contribution is 6.42. The molecular formula is C12H17Cl2NO. The lowest BCUT2D eigenvalue weighted by Crippen LogP contribution is -2.21. The number of ether oxygens (including phenoxy) is 1. The van der Waals surface area contributed by atoms with Crippen LogP contribution in [0.25, 0.3) is 0 Å². The van der Waals surface area contributed by atoms with Crippen molar-refractivity contribution in [2.45, 2.75) is 26.5 Å². The van der Waals surface area contributed by atoms with Gasteiger partial charge in [-0.3, -0.25) is 0 Å². The van der Waals surface area contributed by atoms with Gasteiger partial charge < -0.3 is 10.1 Å². The van der Waals surface area contributed by atoms with Gasteiger partial charge in [0.1, 0.15) is 0 Å². The van der Waals surface area contributed by atoms with Crippen LogP contribution in [0.15, 0.2) is 18.2 Å². The SMILES string of the molecule is CC(C)OCCNCc1cccc(Cl)c1Cl. The highest BCUT2D eigenvalue weighted by Crippen LogP contribution is 2.25. The predicted octanol–water partition coefficient (Wildman–Crippen LogP) is 3.51. The van der Waals surface area contributed by atoms with Gasteiger partial charge in [-0.2, -0.15) is 0 Å². The van der Waals surface area contributed by atoms with Crippen molar-refractivity contribution in [3.8, 4) is 0 Å². The van der Waals surface area contributed by atoms with Gasteiger partial charge in [0, 0.05) is 13.1 Å². The average molecular weight is 262 g/mol. The molecule has 4 heteroatoms. The van der Waals surface area contributed by atoms with Crippen molar-refractivity contribution in [2.24, 2.45) is 0 Å². The van der Waals surface area contributed by atoms with Gasteiger partial charge in [0.2, 0.25) is 0 Å². The predicted molar refractivity (Wildman–Crippen MR) is 69.3 cm³/mol. The first-order valence-electron chi connectivity index (χ1n) is 5.36. The van der Waals surface area contributed by atoms with Crippen molar-refractivity contribution in [2.75, 3.05) is 13.2 Å². The Kier molecular flexibility index (Phi) is 6.14. The second-order valence-electron chi connectivity index (χ2n) is 3.81. The molecule has 90 valence electrons. The van der Waals surface area contributed by atoms with E-state index < -0.39 is 0 Å². The summed E-state index contributed by atoms with van der Waals surface area (Å²) in [6, 6.07) is 5.65. The van der Waals surface area contributed by atoms with Crippen LogP contribution in [-0.2, 0) is 11.3 Å². The van der Waals surface area contributed by atoms with Crippen molar-refractivity contribution in [3.63, 3.8) is 0 Å². The molecule has 0 aliphatic carbocycles. The summed E-state index contributed by atoms with van der Waals surface area (Å²) in [4.78, 5) is 0. The minimum Gasteiger partial charge on any atom is -0.377 e. The minimum absolute atomic E-state index is 0.275. The molecule has 0 fully saturated rings. The summed E-state index contributed by atoms with van der Waals surface area (Å²) >= 11 is 12.0. The molecule has 16 heavy (non-hydrogen) atoms. The zero-order chi connectivity index (χ0) is 12.0. The maximum Gasteiger partial charge on any atom is 0.0637 e. The molecule has 1 rings (SSSR count). The molecule has 0 saturated carbocycles. The van der Waals surface area contributed by atoms with Gasteiger partial charge in [-0.15, -0.1) is 0 Å². The van der Waals surface area contributed by atoms with Crippen molar-refractivity contribution < 1.29 is 4.74 Å². The van der Waals surface area contributed by atoms with Gasteiger partial charge in [0.05, 0.1) is 22.8 Å². The Balaban J connectivity index is 2.29. The largest absolute Gasteiger partial charge is 0.377 e. The topological polar surface area (TPSA) is 21.3 Å². The summed E-state index contributed by atoms with van der Waals surface area (Å²) in [6.45, 7) is 6.26. The Morgan fingerprint density at radius 1 is 1.31 bits per heavy atom. The van der Waals surface area contributed by atoms with Crippen LogP contribution in [0.4, 0.5) is 0 Å². The summed E-state index contributed by atoms with van der Waals surface area (Å²) in [5.41, 5.74) is 1.01. The molecule has 0 saturated heterocycles. The summed E-state index contributed by atoms with van der Waals surface area (Å²) < 4.78 is 5.41. The van der Waals surface area contributed by atoms with E-state index in [0.29, 0.717) is 23.2 Å². The molecule has 0 radical (unpaired) electrons. The maximum atomic E-state index is 6.05. The number of nitrogens with one attached hydrogen (secondary N) is 1. The third-order valence-corrected chi connectivity index (χ3v) is 2.94. The Morgan fingerprint density at radius 2 is 2.06 bits per heavy atom. The third kappa shape index (κ3) is 4.71. The molecule has 1 aromatic rings. The first-order chi connectivity index (χ1) is 7.61. The fourth-order valence-corrected chi connectivity index (χ4v) is 1.66. The number of benzene rings is 1. The van der Waals surface area contributed by atoms with E-state index in [1.54, 1.807) is 6.07 Å². The first-order valence-corrected chi connectivity index (χ1v) is 6.12. The van der Waals surface area contributed by atoms with Crippen LogP contribution in [0.3, 0.4) is 0 Å². The lowest BCUT2D eigenvalue weighted by Gasteiger charge is -2.09. The smallest absolute Gasteiger partial charge is 0.0637 e. The van der Waals surface area contributed by atoms with Crippen molar-refractivity contribution in [1.82, 2.24) is 5.32 Å². The minimum atomic E-state index is 0.275. The lowest BCUT2D eigenvalue weighted by molar-refractivity contribution is 0.0807. The van der Waals surface area contributed by atoms with Gasteiger partial charge >= 0.3 is 0 Å². The van der Waals surface area contributed by atoms with Gasteiger partial charge in [-0.1, -0.05) is 35.3 Å². The molecule has 0 aliphatic heterocycles. The van der Waals surface area contributed by atoms with Crippen molar-refractivity contribution in [3.05, 3.63) is 33.8 Å². The highest BCUT2D eigenvalue weighted by Gasteiger charge is 2.03. The van der Waals surface area contributed by atoms with Crippen LogP contribution in [0.2, 0.25) is 10.0 Å². The molecule has 2 nitrogen and oxygen atoms in total. The van der Waals surface area contributed by atoms with E-state index in [2.05, 4.69) is 5.32 Å². The maximum absolute atomic E-state index is 6.05. The van der Waals surface area contributed by atoms with Crippen molar-refractivity contribution in [1.29, 1.82) is 0 Å². The van der Waals surface area contributed by atoms with Crippen LogP contribution in [-0.4, -0.2) is 19.3 Å². The molecule has 0 aromatic heterocycles. The Bertz CT molecular complexity index is 329. The average Bonchev–Trinajstić information content (AvgIpc) is 2.23. The summed E-state index contributed by atoms with van der Waals surface area (Å²) in [5.74, 6) is 0. The van der Waals surface area contributed by atoms with E-state index in [-0.39, 0.29) is 6.10 Å². The standard InChI is InChI=1S/C12H17Cl2NO/c1-9(2)16-7-6-15-8-10-4-3-5-11(13)12(10)14/h3-5,9,15H,6-8H2,1-2H3. The molecular weight excluding hydrogens is 245 g/mol. The fraction of sp³-hybridized carbons (Fsp3) is 0.500. The first kappa shape index (κ1) is 13.8. The molecule has 0 aliphatic rings. The normalized spacial score (nSPS) is 11.1. The molecule has 0 bridgehead atoms. The zero-order valence-corrected chi connectivity index (χ0v) is 11.1. The van der Waals surface area contributed by atoms with Crippen LogP contribution in [0, 0.1) is 0 Å². The Morgan fingerprint density at radius 3 is 2.75 bits per heavy atom. The van der Waals surface area contributed by atoms with E-state index in [9.17, 15) is 0 Å². The van der Waals surface area contributed by atoms with E-state index in [1.807, 2.05) is 26.0 Å². The van der Waals surface area contributed by atoms with E-state index >= 15 is 0 Å². The number of hydrogen-bond donors (Lipinski definition) is 1. The molecule has 0 heterocycles. The zero-order valence-electron chi connectivity index (χ0n) is 9.59. The van der Waals surface area contributed by atoms with Crippen LogP contribution >= 0.6 is 23.2 Å². The van der Waals surface area contributed by atoms with Gasteiger partial charge in [-0.25, -0.2) is 0 Å². The second-order valence-corrected chi connectivity index (χ2v) is 4.59. The highest BCUT2D eigenvalue weighted by atomic mass is 35.5. The summed E-state index contributed by atoms with van der Waals surface area (Å²) in [7, 11) is 0. The fourth-order valence-electron chi connectivity index (χ4n) is 1.27. The second kappa shape index (κ2) is 7.13. The number of halogens is 2. The Hall–Kier alpha value is -0.280. The Labute approximate surface area is 107 Å². The third-order valence-electron chi connectivity index (χ3n) is 2.08. The summed E-state index contributed by atoms with van der Waals surface area (Å²) in [6.07, 6.45) is 0.275. The molecule has 1 N–H and O–H groups in total. The van der Waals surface area contributed by atoms with Crippen LogP contribution in [0.5, 0.6) is 0 Å². The van der Waals surface area contributed by atoms with E-state index in [0.717, 1.165) is 12.1 Å². The molecule has 0 atom stereocenters. The number of rotatable bonds is 6.